The number of amides is 1. The SMILES string of the molecule is CC(C)CC(NC(=O)C(C)Oc1ccc(C#N)cc1)c1ccccc1. The van der Waals surface area contributed by atoms with E-state index >= 15 is 0 Å². The number of carbonyl (C=O) groups excluding carboxylic acids is 1. The summed E-state index contributed by atoms with van der Waals surface area (Å²) in [4.78, 5) is 12.5. The lowest BCUT2D eigenvalue weighted by Gasteiger charge is -2.23. The van der Waals surface area contributed by atoms with Gasteiger partial charge < -0.3 is 10.1 Å². The van der Waals surface area contributed by atoms with Gasteiger partial charge >= 0.3 is 0 Å². The van der Waals surface area contributed by atoms with E-state index in [1.807, 2.05) is 30.3 Å². The Kier molecular flexibility index (Phi) is 6.59. The number of nitriles is 1. The average Bonchev–Trinajstić information content (AvgIpc) is 2.62. The van der Waals surface area contributed by atoms with Gasteiger partial charge in [-0.15, -0.1) is 0 Å². The van der Waals surface area contributed by atoms with E-state index < -0.39 is 6.10 Å². The Hall–Kier alpha value is -2.80. The van der Waals surface area contributed by atoms with Crippen LogP contribution in [0.15, 0.2) is 54.6 Å². The number of rotatable bonds is 7. The Morgan fingerprint density at radius 1 is 1.08 bits per heavy atom. The first kappa shape index (κ1) is 18.5. The summed E-state index contributed by atoms with van der Waals surface area (Å²) in [6.45, 7) is 6.00. The van der Waals surface area contributed by atoms with E-state index in [2.05, 4.69) is 25.2 Å². The maximum Gasteiger partial charge on any atom is 0.261 e. The Morgan fingerprint density at radius 3 is 2.28 bits per heavy atom. The van der Waals surface area contributed by atoms with Gasteiger partial charge in [-0.05, 0) is 49.1 Å². The van der Waals surface area contributed by atoms with Crippen LogP contribution in [0.25, 0.3) is 0 Å². The van der Waals surface area contributed by atoms with Crippen molar-refractivity contribution in [2.75, 3.05) is 0 Å². The summed E-state index contributed by atoms with van der Waals surface area (Å²) in [5.41, 5.74) is 1.65. The number of nitrogens with one attached hydrogen (secondary N) is 1. The standard InChI is InChI=1S/C21H24N2O2/c1-15(2)13-20(18-7-5-4-6-8-18)23-21(24)16(3)25-19-11-9-17(14-22)10-12-19/h4-12,15-16,20H,13H2,1-3H3,(H,23,24). The van der Waals surface area contributed by atoms with E-state index in [9.17, 15) is 4.79 Å². The van der Waals surface area contributed by atoms with Crippen LogP contribution in [0.1, 0.15) is 44.4 Å². The predicted molar refractivity (Wildman–Crippen MR) is 98.0 cm³/mol. The van der Waals surface area contributed by atoms with Gasteiger partial charge in [0.2, 0.25) is 0 Å². The molecule has 0 fully saturated rings. The smallest absolute Gasteiger partial charge is 0.261 e. The van der Waals surface area contributed by atoms with Gasteiger partial charge in [0.05, 0.1) is 17.7 Å². The minimum absolute atomic E-state index is 0.0410. The molecule has 0 spiro atoms. The lowest BCUT2D eigenvalue weighted by Crippen LogP contribution is -2.39. The number of hydrogen-bond acceptors (Lipinski definition) is 3. The molecule has 2 aromatic carbocycles. The molecule has 4 heteroatoms. The van der Waals surface area contributed by atoms with Crippen LogP contribution < -0.4 is 10.1 Å². The van der Waals surface area contributed by atoms with Crippen LogP contribution in [-0.2, 0) is 4.79 Å². The van der Waals surface area contributed by atoms with Crippen molar-refractivity contribution in [2.45, 2.75) is 39.3 Å². The molecule has 0 heterocycles. The van der Waals surface area contributed by atoms with Crippen LogP contribution in [0.2, 0.25) is 0 Å². The number of nitrogens with zero attached hydrogens (tertiary/aromatic N) is 1. The van der Waals surface area contributed by atoms with Crippen molar-refractivity contribution >= 4 is 5.91 Å². The Bertz CT molecular complexity index is 718. The second-order valence-corrected chi connectivity index (χ2v) is 6.50. The van der Waals surface area contributed by atoms with Gasteiger partial charge in [-0.25, -0.2) is 0 Å². The second kappa shape index (κ2) is 8.89. The maximum atomic E-state index is 12.5. The van der Waals surface area contributed by atoms with E-state index in [4.69, 9.17) is 10.00 Å². The quantitative estimate of drug-likeness (QED) is 0.823. The van der Waals surface area contributed by atoms with Gasteiger partial charge in [0.1, 0.15) is 5.75 Å². The molecular formula is C21H24N2O2. The molecule has 0 radical (unpaired) electrons. The van der Waals surface area contributed by atoms with Gasteiger partial charge in [-0.3, -0.25) is 4.79 Å². The lowest BCUT2D eigenvalue weighted by atomic mass is 9.97. The number of carbonyl (C=O) groups is 1. The minimum Gasteiger partial charge on any atom is -0.481 e. The highest BCUT2D eigenvalue weighted by molar-refractivity contribution is 5.81. The first-order chi connectivity index (χ1) is 12.0. The fourth-order valence-electron chi connectivity index (χ4n) is 2.59. The van der Waals surface area contributed by atoms with Crippen molar-refractivity contribution < 1.29 is 9.53 Å². The summed E-state index contributed by atoms with van der Waals surface area (Å²) >= 11 is 0. The molecule has 4 nitrogen and oxygen atoms in total. The highest BCUT2D eigenvalue weighted by atomic mass is 16.5. The molecule has 0 aliphatic carbocycles. The monoisotopic (exact) mass is 336 g/mol. The fraction of sp³-hybridized carbons (Fsp3) is 0.333. The van der Waals surface area contributed by atoms with E-state index in [-0.39, 0.29) is 11.9 Å². The molecule has 2 rings (SSSR count). The van der Waals surface area contributed by atoms with Crippen LogP contribution in [0, 0.1) is 17.2 Å². The normalized spacial score (nSPS) is 12.9. The zero-order valence-corrected chi connectivity index (χ0v) is 14.9. The molecule has 25 heavy (non-hydrogen) atoms. The molecule has 0 bridgehead atoms. The van der Waals surface area contributed by atoms with Gasteiger partial charge in [0.15, 0.2) is 6.10 Å². The molecule has 2 aromatic rings. The average molecular weight is 336 g/mol. The molecule has 1 N–H and O–H groups in total. The molecule has 2 unspecified atom stereocenters. The van der Waals surface area contributed by atoms with Gasteiger partial charge in [0.25, 0.3) is 5.91 Å². The highest BCUT2D eigenvalue weighted by Crippen LogP contribution is 2.21. The van der Waals surface area contributed by atoms with E-state index in [0.29, 0.717) is 17.2 Å². The summed E-state index contributed by atoms with van der Waals surface area (Å²) < 4.78 is 5.70. The van der Waals surface area contributed by atoms with Crippen LogP contribution in [-0.4, -0.2) is 12.0 Å². The minimum atomic E-state index is -0.619. The fourth-order valence-corrected chi connectivity index (χ4v) is 2.59. The van der Waals surface area contributed by atoms with Crippen molar-refractivity contribution in [3.63, 3.8) is 0 Å². The molecule has 1 amide bonds. The van der Waals surface area contributed by atoms with Gasteiger partial charge in [0, 0.05) is 0 Å². The number of benzene rings is 2. The number of ether oxygens (including phenoxy) is 1. The van der Waals surface area contributed by atoms with Crippen molar-refractivity contribution in [3.8, 4) is 11.8 Å². The van der Waals surface area contributed by atoms with Crippen LogP contribution in [0.5, 0.6) is 5.75 Å². The Morgan fingerprint density at radius 2 is 1.72 bits per heavy atom. The lowest BCUT2D eigenvalue weighted by molar-refractivity contribution is -0.128. The van der Waals surface area contributed by atoms with Crippen LogP contribution >= 0.6 is 0 Å². The zero-order valence-electron chi connectivity index (χ0n) is 14.9. The Balaban J connectivity index is 2.02. The van der Waals surface area contributed by atoms with Crippen LogP contribution in [0.3, 0.4) is 0 Å². The van der Waals surface area contributed by atoms with Gasteiger partial charge in [-0.1, -0.05) is 44.2 Å². The van der Waals surface area contributed by atoms with E-state index in [1.54, 1.807) is 31.2 Å². The van der Waals surface area contributed by atoms with E-state index in [1.165, 1.54) is 0 Å². The van der Waals surface area contributed by atoms with Crippen molar-refractivity contribution in [3.05, 3.63) is 65.7 Å². The third kappa shape index (κ3) is 5.65. The first-order valence-electron chi connectivity index (χ1n) is 8.51. The highest BCUT2D eigenvalue weighted by Gasteiger charge is 2.21. The summed E-state index contributed by atoms with van der Waals surface area (Å²) in [5.74, 6) is 0.876. The Labute approximate surface area is 149 Å². The molecule has 0 aliphatic heterocycles. The topological polar surface area (TPSA) is 62.1 Å². The molecule has 0 aromatic heterocycles. The first-order valence-corrected chi connectivity index (χ1v) is 8.51. The summed E-state index contributed by atoms with van der Waals surface area (Å²) in [5, 5.41) is 11.9. The third-order valence-electron chi connectivity index (χ3n) is 3.89. The van der Waals surface area contributed by atoms with Gasteiger partial charge in [-0.2, -0.15) is 5.26 Å². The largest absolute Gasteiger partial charge is 0.481 e. The third-order valence-corrected chi connectivity index (χ3v) is 3.89. The van der Waals surface area contributed by atoms with Crippen molar-refractivity contribution in [1.29, 1.82) is 5.26 Å². The molecule has 0 saturated carbocycles. The predicted octanol–water partition coefficient (Wildman–Crippen LogP) is 4.23. The number of hydrogen-bond donors (Lipinski definition) is 1. The summed E-state index contributed by atoms with van der Waals surface area (Å²) in [6.07, 6.45) is 0.241. The summed E-state index contributed by atoms with van der Waals surface area (Å²) in [7, 11) is 0. The van der Waals surface area contributed by atoms with Crippen molar-refractivity contribution in [1.82, 2.24) is 5.32 Å². The zero-order chi connectivity index (χ0) is 18.2. The van der Waals surface area contributed by atoms with Crippen molar-refractivity contribution in [2.24, 2.45) is 5.92 Å². The molecule has 2 atom stereocenters. The second-order valence-electron chi connectivity index (χ2n) is 6.50. The molecule has 130 valence electrons. The molecule has 0 aliphatic rings. The van der Waals surface area contributed by atoms with Crippen LogP contribution in [0.4, 0.5) is 0 Å². The molecule has 0 saturated heterocycles. The summed E-state index contributed by atoms with van der Waals surface area (Å²) in [6, 6.07) is 18.7. The maximum absolute atomic E-state index is 12.5. The van der Waals surface area contributed by atoms with E-state index in [0.717, 1.165) is 12.0 Å². The molecular weight excluding hydrogens is 312 g/mol.